The van der Waals surface area contributed by atoms with Crippen LogP contribution in [0.2, 0.25) is 0 Å². The molecule has 0 nitrogen and oxygen atoms in total. The lowest BCUT2D eigenvalue weighted by Crippen LogP contribution is -2.09. The molecule has 0 radical (unpaired) electrons. The normalized spacial score (nSPS) is 14.2. The summed E-state index contributed by atoms with van der Waals surface area (Å²) in [4.78, 5) is 0. The van der Waals surface area contributed by atoms with Crippen LogP contribution >= 0.6 is 0 Å². The highest BCUT2D eigenvalue weighted by Gasteiger charge is 2.14. The van der Waals surface area contributed by atoms with E-state index in [-0.39, 0.29) is 0 Å². The fraction of sp³-hybridized carbons (Fsp3) is 1.00. The van der Waals surface area contributed by atoms with Crippen molar-refractivity contribution in [3.05, 3.63) is 0 Å². The third-order valence-corrected chi connectivity index (χ3v) is 5.37. The fourth-order valence-corrected chi connectivity index (χ4v) is 3.82. The largest absolute Gasteiger partial charge is 0.0654 e. The first kappa shape index (κ1) is 22.0. The Morgan fingerprint density at radius 1 is 0.455 bits per heavy atom. The number of unbranched alkanes of at least 4 members (excludes halogenated alkanes) is 8. The molecule has 0 aliphatic heterocycles. The van der Waals surface area contributed by atoms with Gasteiger partial charge in [-0.05, 0) is 18.3 Å². The summed E-state index contributed by atoms with van der Waals surface area (Å²) in [5.74, 6) is 2.03. The lowest BCUT2D eigenvalue weighted by molar-refractivity contribution is 0.299. The van der Waals surface area contributed by atoms with Gasteiger partial charge >= 0.3 is 0 Å². The molecule has 0 spiro atoms. The van der Waals surface area contributed by atoms with E-state index in [2.05, 4.69) is 27.7 Å². The molecule has 0 saturated carbocycles. The monoisotopic (exact) mass is 310 g/mol. The molecule has 2 atom stereocenters. The summed E-state index contributed by atoms with van der Waals surface area (Å²) >= 11 is 0. The molecule has 0 bridgehead atoms. The Morgan fingerprint density at radius 2 is 0.955 bits per heavy atom. The average molecular weight is 311 g/mol. The van der Waals surface area contributed by atoms with Crippen LogP contribution in [-0.2, 0) is 0 Å². The maximum atomic E-state index is 2.41. The van der Waals surface area contributed by atoms with E-state index in [0.29, 0.717) is 0 Å². The van der Waals surface area contributed by atoms with Crippen molar-refractivity contribution in [2.45, 2.75) is 130 Å². The summed E-state index contributed by atoms with van der Waals surface area (Å²) in [5.41, 5.74) is 0. The van der Waals surface area contributed by atoms with Gasteiger partial charge in [0.15, 0.2) is 0 Å². The Kier molecular flexibility index (Phi) is 17.4. The topological polar surface area (TPSA) is 0 Å². The van der Waals surface area contributed by atoms with Gasteiger partial charge in [0.2, 0.25) is 0 Å². The minimum absolute atomic E-state index is 1.01. The Balaban J connectivity index is 3.86. The van der Waals surface area contributed by atoms with E-state index in [4.69, 9.17) is 0 Å². The van der Waals surface area contributed by atoms with Crippen LogP contribution in [0.25, 0.3) is 0 Å². The smallest absolute Gasteiger partial charge is 0.0412 e. The van der Waals surface area contributed by atoms with Gasteiger partial charge in [-0.2, -0.15) is 0 Å². The van der Waals surface area contributed by atoms with Crippen LogP contribution < -0.4 is 0 Å². The van der Waals surface area contributed by atoms with Crippen molar-refractivity contribution < 1.29 is 0 Å². The van der Waals surface area contributed by atoms with Crippen LogP contribution in [0.4, 0.5) is 0 Å². The second kappa shape index (κ2) is 17.4. The van der Waals surface area contributed by atoms with E-state index in [1.54, 1.807) is 0 Å². The molecule has 0 aliphatic rings. The Hall–Kier alpha value is 0. The van der Waals surface area contributed by atoms with Crippen LogP contribution in [0, 0.1) is 11.8 Å². The summed E-state index contributed by atoms with van der Waals surface area (Å²) in [7, 11) is 0. The van der Waals surface area contributed by atoms with Crippen LogP contribution in [0.1, 0.15) is 130 Å². The van der Waals surface area contributed by atoms with Gasteiger partial charge in [-0.1, -0.05) is 124 Å². The quantitative estimate of drug-likeness (QED) is 0.236. The molecule has 0 aromatic heterocycles. The van der Waals surface area contributed by atoms with Crippen molar-refractivity contribution in [3.63, 3.8) is 0 Å². The third kappa shape index (κ3) is 13.6. The Bertz CT molecular complexity index is 196. The Morgan fingerprint density at radius 3 is 1.50 bits per heavy atom. The second-order valence-corrected chi connectivity index (χ2v) is 7.57. The number of hydrogen-bond donors (Lipinski definition) is 0. The van der Waals surface area contributed by atoms with Crippen LogP contribution in [-0.4, -0.2) is 0 Å². The molecule has 134 valence electrons. The van der Waals surface area contributed by atoms with Crippen molar-refractivity contribution in [3.8, 4) is 0 Å². The van der Waals surface area contributed by atoms with Crippen molar-refractivity contribution in [1.82, 2.24) is 0 Å². The van der Waals surface area contributed by atoms with Crippen molar-refractivity contribution in [2.75, 3.05) is 0 Å². The first-order valence-corrected chi connectivity index (χ1v) is 10.8. The fourth-order valence-electron chi connectivity index (χ4n) is 3.82. The predicted octanol–water partition coefficient (Wildman–Crippen LogP) is 8.54. The standard InChI is InChI=1S/C22H46/c1-5-9-11-13-14-16-19-22(17-7-3)20-21(8-4)18-15-12-10-6-2/h21-22H,5-20H2,1-4H3. The molecule has 0 amide bonds. The zero-order chi connectivity index (χ0) is 16.5. The molecule has 0 rings (SSSR count). The summed E-state index contributed by atoms with van der Waals surface area (Å²) in [6.45, 7) is 9.41. The van der Waals surface area contributed by atoms with E-state index in [0.717, 1.165) is 11.8 Å². The van der Waals surface area contributed by atoms with Gasteiger partial charge in [-0.15, -0.1) is 0 Å². The Labute approximate surface area is 142 Å². The molecule has 0 fully saturated rings. The highest BCUT2D eigenvalue weighted by molar-refractivity contribution is 4.67. The molecule has 0 aromatic rings. The lowest BCUT2D eigenvalue weighted by Gasteiger charge is -2.22. The second-order valence-electron chi connectivity index (χ2n) is 7.57. The zero-order valence-corrected chi connectivity index (χ0v) is 16.5. The summed E-state index contributed by atoms with van der Waals surface area (Å²) in [6.07, 6.45) is 23.2. The molecule has 0 saturated heterocycles. The SMILES string of the molecule is CCCCCCCCC(CCC)CC(CC)CCCCCC. The lowest BCUT2D eigenvalue weighted by atomic mass is 9.83. The summed E-state index contributed by atoms with van der Waals surface area (Å²) < 4.78 is 0. The average Bonchev–Trinajstić information content (AvgIpc) is 2.53. The number of hydrogen-bond acceptors (Lipinski definition) is 0. The predicted molar refractivity (Wildman–Crippen MR) is 104 cm³/mol. The van der Waals surface area contributed by atoms with E-state index in [1.807, 2.05) is 0 Å². The molecular weight excluding hydrogens is 264 g/mol. The molecule has 0 aliphatic carbocycles. The first-order chi connectivity index (χ1) is 10.8. The molecule has 0 heteroatoms. The summed E-state index contributed by atoms with van der Waals surface area (Å²) in [6, 6.07) is 0. The number of rotatable bonds is 17. The van der Waals surface area contributed by atoms with E-state index < -0.39 is 0 Å². The van der Waals surface area contributed by atoms with E-state index in [9.17, 15) is 0 Å². The van der Waals surface area contributed by atoms with Gasteiger partial charge in [0, 0.05) is 0 Å². The van der Waals surface area contributed by atoms with Crippen molar-refractivity contribution in [2.24, 2.45) is 11.8 Å². The molecular formula is C22H46. The minimum atomic E-state index is 1.01. The van der Waals surface area contributed by atoms with Gasteiger partial charge in [0.05, 0.1) is 0 Å². The van der Waals surface area contributed by atoms with Crippen LogP contribution in [0.5, 0.6) is 0 Å². The zero-order valence-electron chi connectivity index (χ0n) is 16.5. The minimum Gasteiger partial charge on any atom is -0.0654 e. The molecule has 22 heavy (non-hydrogen) atoms. The molecule has 0 N–H and O–H groups in total. The highest BCUT2D eigenvalue weighted by Crippen LogP contribution is 2.28. The maximum absolute atomic E-state index is 2.41. The van der Waals surface area contributed by atoms with E-state index in [1.165, 1.54) is 103 Å². The van der Waals surface area contributed by atoms with E-state index >= 15 is 0 Å². The maximum Gasteiger partial charge on any atom is -0.0412 e. The molecule has 2 unspecified atom stereocenters. The van der Waals surface area contributed by atoms with Gasteiger partial charge in [0.1, 0.15) is 0 Å². The van der Waals surface area contributed by atoms with Crippen molar-refractivity contribution in [1.29, 1.82) is 0 Å². The van der Waals surface area contributed by atoms with Crippen LogP contribution in [0.3, 0.4) is 0 Å². The summed E-state index contributed by atoms with van der Waals surface area (Å²) in [5, 5.41) is 0. The first-order valence-electron chi connectivity index (χ1n) is 10.8. The van der Waals surface area contributed by atoms with Crippen molar-refractivity contribution >= 4 is 0 Å². The molecule has 0 heterocycles. The van der Waals surface area contributed by atoms with Gasteiger partial charge in [0.25, 0.3) is 0 Å². The highest BCUT2D eigenvalue weighted by atomic mass is 14.2. The molecule has 0 aromatic carbocycles. The van der Waals surface area contributed by atoms with Crippen LogP contribution in [0.15, 0.2) is 0 Å². The van der Waals surface area contributed by atoms with Gasteiger partial charge < -0.3 is 0 Å². The van der Waals surface area contributed by atoms with Gasteiger partial charge in [-0.25, -0.2) is 0 Å². The third-order valence-electron chi connectivity index (χ3n) is 5.37. The van der Waals surface area contributed by atoms with Gasteiger partial charge in [-0.3, -0.25) is 0 Å².